The molecule has 0 aliphatic heterocycles. The van der Waals surface area contributed by atoms with Crippen molar-refractivity contribution in [2.24, 2.45) is 0 Å². The van der Waals surface area contributed by atoms with Crippen molar-refractivity contribution < 1.29 is 28.9 Å². The van der Waals surface area contributed by atoms with Gasteiger partial charge in [-0.25, -0.2) is 4.79 Å². The second kappa shape index (κ2) is 9.78. The Kier molecular flexibility index (Phi) is 7.43. The summed E-state index contributed by atoms with van der Waals surface area (Å²) < 4.78 is 15.8. The molecule has 1 N–H and O–H groups in total. The zero-order valence-electron chi connectivity index (χ0n) is 14.9. The summed E-state index contributed by atoms with van der Waals surface area (Å²) in [5.74, 6) is 0.302. The van der Waals surface area contributed by atoms with Gasteiger partial charge in [0.25, 0.3) is 0 Å². The minimum atomic E-state index is -0.449. The Morgan fingerprint density at radius 3 is 2.52 bits per heavy atom. The van der Waals surface area contributed by atoms with Gasteiger partial charge in [-0.05, 0) is 65.3 Å². The molecular weight excluding hydrogens is 416 g/mol. The molecule has 0 amide bonds. The molecule has 2 aromatic carbocycles. The van der Waals surface area contributed by atoms with Crippen LogP contribution in [0.2, 0.25) is 0 Å². The van der Waals surface area contributed by atoms with Crippen molar-refractivity contribution in [2.45, 2.75) is 6.92 Å². The number of hydrogen-bond acceptors (Lipinski definition) is 6. The van der Waals surface area contributed by atoms with E-state index in [4.69, 9.17) is 14.2 Å². The quantitative estimate of drug-likeness (QED) is 0.384. The number of halogens is 1. The van der Waals surface area contributed by atoms with Crippen LogP contribution in [-0.4, -0.2) is 37.2 Å². The Bertz CT molecular complexity index is 842. The lowest BCUT2D eigenvalue weighted by Crippen LogP contribution is -2.14. The SMILES string of the molecule is CCOC(=O)COc1ccc(C(=O)/C=C/c2cc(Br)c(O)cc2OC)cc1. The summed E-state index contributed by atoms with van der Waals surface area (Å²) >= 11 is 3.23. The third-order valence-electron chi connectivity index (χ3n) is 3.51. The molecular formula is C20H19BrO6. The Balaban J connectivity index is 2.05. The van der Waals surface area contributed by atoms with Crippen molar-refractivity contribution in [2.75, 3.05) is 20.3 Å². The van der Waals surface area contributed by atoms with Crippen molar-refractivity contribution in [3.8, 4) is 17.2 Å². The predicted molar refractivity (Wildman–Crippen MR) is 104 cm³/mol. The fourth-order valence-electron chi connectivity index (χ4n) is 2.19. The third-order valence-corrected chi connectivity index (χ3v) is 4.15. The molecule has 0 fully saturated rings. The lowest BCUT2D eigenvalue weighted by molar-refractivity contribution is -0.145. The molecule has 0 aliphatic rings. The average Bonchev–Trinajstić information content (AvgIpc) is 2.67. The summed E-state index contributed by atoms with van der Waals surface area (Å²) in [6.07, 6.45) is 3.02. The maximum absolute atomic E-state index is 12.3. The maximum Gasteiger partial charge on any atom is 0.344 e. The van der Waals surface area contributed by atoms with Gasteiger partial charge >= 0.3 is 5.97 Å². The standard InChI is InChI=1S/C20H19BrO6/c1-3-26-20(24)12-27-15-7-4-13(5-8-15)17(22)9-6-14-10-16(21)18(23)11-19(14)25-2/h4-11,23H,3,12H2,1-2H3/b9-6+. The molecule has 0 saturated carbocycles. The van der Waals surface area contributed by atoms with Gasteiger partial charge in [-0.15, -0.1) is 0 Å². The number of ether oxygens (including phenoxy) is 3. The van der Waals surface area contributed by atoms with Crippen LogP contribution < -0.4 is 9.47 Å². The molecule has 0 aromatic heterocycles. The van der Waals surface area contributed by atoms with Crippen LogP contribution in [0, 0.1) is 0 Å². The zero-order chi connectivity index (χ0) is 19.8. The van der Waals surface area contributed by atoms with Crippen LogP contribution in [0.25, 0.3) is 6.08 Å². The number of hydrogen-bond donors (Lipinski definition) is 1. The van der Waals surface area contributed by atoms with Gasteiger partial charge in [0.2, 0.25) is 0 Å². The van der Waals surface area contributed by atoms with Gasteiger partial charge in [-0.3, -0.25) is 4.79 Å². The Hall–Kier alpha value is -2.80. The number of esters is 1. The first kappa shape index (κ1) is 20.5. The first-order valence-corrected chi connectivity index (χ1v) is 8.91. The van der Waals surface area contributed by atoms with E-state index in [0.29, 0.717) is 33.7 Å². The van der Waals surface area contributed by atoms with E-state index in [2.05, 4.69) is 15.9 Å². The molecule has 0 aliphatic carbocycles. The number of rotatable bonds is 8. The fraction of sp³-hybridized carbons (Fsp3) is 0.200. The van der Waals surface area contributed by atoms with Gasteiger partial charge in [0.1, 0.15) is 17.2 Å². The highest BCUT2D eigenvalue weighted by atomic mass is 79.9. The highest BCUT2D eigenvalue weighted by Crippen LogP contribution is 2.32. The van der Waals surface area contributed by atoms with Crippen LogP contribution in [0.4, 0.5) is 0 Å². The van der Waals surface area contributed by atoms with Crippen LogP contribution in [0.3, 0.4) is 0 Å². The number of phenolic OH excluding ortho intramolecular Hbond substituents is 1. The Morgan fingerprint density at radius 1 is 1.19 bits per heavy atom. The number of allylic oxidation sites excluding steroid dienone is 1. The molecule has 142 valence electrons. The molecule has 6 nitrogen and oxygen atoms in total. The van der Waals surface area contributed by atoms with Gasteiger partial charge in [0.05, 0.1) is 18.2 Å². The topological polar surface area (TPSA) is 82.1 Å². The summed E-state index contributed by atoms with van der Waals surface area (Å²) in [6.45, 7) is 1.83. The summed E-state index contributed by atoms with van der Waals surface area (Å²) in [5.41, 5.74) is 1.11. The van der Waals surface area contributed by atoms with Crippen LogP contribution in [0.15, 0.2) is 46.9 Å². The van der Waals surface area contributed by atoms with Gasteiger partial charge in [0.15, 0.2) is 12.4 Å². The summed E-state index contributed by atoms with van der Waals surface area (Å²) in [7, 11) is 1.48. The Morgan fingerprint density at radius 2 is 1.89 bits per heavy atom. The summed E-state index contributed by atoms with van der Waals surface area (Å²) in [6, 6.07) is 9.55. The van der Waals surface area contributed by atoms with E-state index in [-0.39, 0.29) is 18.1 Å². The lowest BCUT2D eigenvalue weighted by Gasteiger charge is -2.07. The minimum Gasteiger partial charge on any atom is -0.507 e. The van der Waals surface area contributed by atoms with E-state index < -0.39 is 5.97 Å². The summed E-state index contributed by atoms with van der Waals surface area (Å²) in [4.78, 5) is 23.6. The predicted octanol–water partition coefficient (Wildman–Crippen LogP) is 4.00. The number of ketones is 1. The van der Waals surface area contributed by atoms with Gasteiger partial charge in [0, 0.05) is 17.2 Å². The van der Waals surface area contributed by atoms with E-state index in [1.807, 2.05) is 0 Å². The molecule has 0 saturated heterocycles. The molecule has 2 rings (SSSR count). The normalized spacial score (nSPS) is 10.6. The first-order valence-electron chi connectivity index (χ1n) is 8.12. The fourth-order valence-corrected chi connectivity index (χ4v) is 2.55. The number of carbonyl (C=O) groups is 2. The van der Waals surface area contributed by atoms with Crippen molar-refractivity contribution in [3.05, 3.63) is 58.1 Å². The van der Waals surface area contributed by atoms with Crippen molar-refractivity contribution in [3.63, 3.8) is 0 Å². The lowest BCUT2D eigenvalue weighted by atomic mass is 10.1. The largest absolute Gasteiger partial charge is 0.507 e. The molecule has 27 heavy (non-hydrogen) atoms. The number of phenols is 1. The third kappa shape index (κ3) is 5.86. The Labute approximate surface area is 165 Å². The van der Waals surface area contributed by atoms with Crippen LogP contribution in [0.1, 0.15) is 22.8 Å². The van der Waals surface area contributed by atoms with Crippen LogP contribution >= 0.6 is 15.9 Å². The maximum atomic E-state index is 12.3. The molecule has 0 bridgehead atoms. The minimum absolute atomic E-state index is 0.0498. The molecule has 0 heterocycles. The molecule has 7 heteroatoms. The van der Waals surface area contributed by atoms with Gasteiger partial charge in [-0.2, -0.15) is 0 Å². The second-order valence-corrected chi connectivity index (χ2v) is 6.22. The molecule has 0 unspecified atom stereocenters. The van der Waals surface area contributed by atoms with E-state index >= 15 is 0 Å². The highest BCUT2D eigenvalue weighted by molar-refractivity contribution is 9.10. The van der Waals surface area contributed by atoms with Crippen molar-refractivity contribution >= 4 is 33.8 Å². The molecule has 0 radical (unpaired) electrons. The number of methoxy groups -OCH3 is 1. The molecule has 0 spiro atoms. The van der Waals surface area contributed by atoms with Crippen LogP contribution in [-0.2, 0) is 9.53 Å². The van der Waals surface area contributed by atoms with Crippen LogP contribution in [0.5, 0.6) is 17.2 Å². The van der Waals surface area contributed by atoms with E-state index in [0.717, 1.165) is 0 Å². The average molecular weight is 435 g/mol. The van der Waals surface area contributed by atoms with Gasteiger partial charge < -0.3 is 19.3 Å². The number of benzene rings is 2. The second-order valence-electron chi connectivity index (χ2n) is 5.36. The van der Waals surface area contributed by atoms with E-state index in [1.54, 1.807) is 43.3 Å². The highest BCUT2D eigenvalue weighted by Gasteiger charge is 2.08. The smallest absolute Gasteiger partial charge is 0.344 e. The number of carbonyl (C=O) groups excluding carboxylic acids is 2. The molecule has 0 atom stereocenters. The molecule has 2 aromatic rings. The van der Waals surface area contributed by atoms with E-state index in [1.165, 1.54) is 19.3 Å². The van der Waals surface area contributed by atoms with E-state index in [9.17, 15) is 14.7 Å². The zero-order valence-corrected chi connectivity index (χ0v) is 16.5. The van der Waals surface area contributed by atoms with Crippen molar-refractivity contribution in [1.82, 2.24) is 0 Å². The summed E-state index contributed by atoms with van der Waals surface area (Å²) in [5, 5.41) is 9.69. The monoisotopic (exact) mass is 434 g/mol. The first-order chi connectivity index (χ1) is 12.9. The van der Waals surface area contributed by atoms with Crippen molar-refractivity contribution in [1.29, 1.82) is 0 Å². The van der Waals surface area contributed by atoms with Gasteiger partial charge in [-0.1, -0.05) is 0 Å². The number of aromatic hydroxyl groups is 1.